The van der Waals surface area contributed by atoms with Gasteiger partial charge in [0.2, 0.25) is 5.91 Å². The molecule has 1 aromatic heterocycles. The van der Waals surface area contributed by atoms with E-state index in [2.05, 4.69) is 16.0 Å². The summed E-state index contributed by atoms with van der Waals surface area (Å²) in [5.74, 6) is 0.0545. The lowest BCUT2D eigenvalue weighted by atomic mass is 10.2. The fourth-order valence-corrected chi connectivity index (χ4v) is 1.98. The zero-order valence-electron chi connectivity index (χ0n) is 12.4. The van der Waals surface area contributed by atoms with Gasteiger partial charge < -0.3 is 20.4 Å². The number of halogens is 1. The van der Waals surface area contributed by atoms with Crippen LogP contribution >= 0.6 is 0 Å². The van der Waals surface area contributed by atoms with Crippen molar-refractivity contribution >= 4 is 22.9 Å². The lowest BCUT2D eigenvalue weighted by Gasteiger charge is -2.12. The summed E-state index contributed by atoms with van der Waals surface area (Å²) >= 11 is 0. The molecule has 0 bridgehead atoms. The topological polar surface area (TPSA) is 83.4 Å². The van der Waals surface area contributed by atoms with Gasteiger partial charge in [0.05, 0.1) is 6.04 Å². The number of carbonyl (C=O) groups is 2. The van der Waals surface area contributed by atoms with Crippen LogP contribution in [0, 0.1) is 5.82 Å². The normalized spacial score (nSPS) is 12.0. The van der Waals surface area contributed by atoms with Crippen molar-refractivity contribution in [1.29, 1.82) is 0 Å². The van der Waals surface area contributed by atoms with Crippen molar-refractivity contribution in [2.75, 3.05) is 13.1 Å². The third kappa shape index (κ3) is 4.21. The first kappa shape index (κ1) is 15.8. The predicted molar refractivity (Wildman–Crippen MR) is 79.8 cm³/mol. The lowest BCUT2D eigenvalue weighted by molar-refractivity contribution is -0.118. The van der Waals surface area contributed by atoms with Gasteiger partial charge in [-0.15, -0.1) is 0 Å². The summed E-state index contributed by atoms with van der Waals surface area (Å²) in [6.45, 7) is 3.86. The van der Waals surface area contributed by atoms with Crippen molar-refractivity contribution in [1.82, 2.24) is 16.0 Å². The number of urea groups is 1. The predicted octanol–water partition coefficient (Wildman–Crippen LogP) is 2.07. The van der Waals surface area contributed by atoms with Crippen molar-refractivity contribution in [3.05, 3.63) is 35.8 Å². The van der Waals surface area contributed by atoms with E-state index in [1.54, 1.807) is 19.1 Å². The zero-order chi connectivity index (χ0) is 16.1. The van der Waals surface area contributed by atoms with Crippen molar-refractivity contribution < 1.29 is 18.4 Å². The molecule has 1 heterocycles. The fraction of sp³-hybridized carbons (Fsp3) is 0.333. The van der Waals surface area contributed by atoms with E-state index in [9.17, 15) is 14.0 Å². The number of amides is 3. The Morgan fingerprint density at radius 2 is 1.95 bits per heavy atom. The molecule has 7 heteroatoms. The molecule has 0 saturated carbocycles. The van der Waals surface area contributed by atoms with Gasteiger partial charge in [0, 0.05) is 25.4 Å². The molecule has 0 aliphatic carbocycles. The third-order valence-electron chi connectivity index (χ3n) is 3.06. The Balaban J connectivity index is 1.88. The molecule has 0 fully saturated rings. The number of carbonyl (C=O) groups excluding carboxylic acids is 2. The molecule has 6 nitrogen and oxygen atoms in total. The zero-order valence-corrected chi connectivity index (χ0v) is 12.4. The van der Waals surface area contributed by atoms with Crippen LogP contribution in [0.3, 0.4) is 0 Å². The molecule has 1 atom stereocenters. The van der Waals surface area contributed by atoms with E-state index < -0.39 is 0 Å². The highest BCUT2D eigenvalue weighted by Crippen LogP contribution is 2.24. The number of hydrogen-bond acceptors (Lipinski definition) is 3. The summed E-state index contributed by atoms with van der Waals surface area (Å²) in [4.78, 5) is 22.4. The molecule has 118 valence electrons. The second kappa shape index (κ2) is 6.93. The van der Waals surface area contributed by atoms with Crippen LogP contribution in [-0.4, -0.2) is 25.0 Å². The number of benzene rings is 1. The summed E-state index contributed by atoms with van der Waals surface area (Å²) < 4.78 is 18.7. The Morgan fingerprint density at radius 1 is 1.23 bits per heavy atom. The molecular weight excluding hydrogens is 289 g/mol. The molecule has 22 heavy (non-hydrogen) atoms. The molecule has 2 rings (SSSR count). The first-order chi connectivity index (χ1) is 10.5. The van der Waals surface area contributed by atoms with E-state index >= 15 is 0 Å². The first-order valence-electron chi connectivity index (χ1n) is 6.93. The van der Waals surface area contributed by atoms with Gasteiger partial charge in [-0.3, -0.25) is 4.79 Å². The number of nitrogens with one attached hydrogen (secondary N) is 3. The van der Waals surface area contributed by atoms with Gasteiger partial charge >= 0.3 is 6.03 Å². The van der Waals surface area contributed by atoms with Crippen LogP contribution in [0.4, 0.5) is 9.18 Å². The molecular formula is C15H18FN3O3. The van der Waals surface area contributed by atoms with Crippen molar-refractivity contribution in [3.63, 3.8) is 0 Å². The van der Waals surface area contributed by atoms with Gasteiger partial charge in [-0.05, 0) is 31.2 Å². The summed E-state index contributed by atoms with van der Waals surface area (Å²) in [5, 5.41) is 8.55. The van der Waals surface area contributed by atoms with Gasteiger partial charge in [0.15, 0.2) is 0 Å². The maximum absolute atomic E-state index is 13.1. The van der Waals surface area contributed by atoms with Gasteiger partial charge in [-0.1, -0.05) is 0 Å². The van der Waals surface area contributed by atoms with E-state index in [1.807, 2.05) is 0 Å². The summed E-state index contributed by atoms with van der Waals surface area (Å²) in [5.41, 5.74) is 0.566. The Kier molecular flexibility index (Phi) is 4.98. The molecule has 0 spiro atoms. The average molecular weight is 307 g/mol. The second-order valence-corrected chi connectivity index (χ2v) is 4.94. The van der Waals surface area contributed by atoms with Gasteiger partial charge in [-0.2, -0.15) is 0 Å². The largest absolute Gasteiger partial charge is 0.459 e. The van der Waals surface area contributed by atoms with E-state index in [0.29, 0.717) is 29.8 Å². The maximum Gasteiger partial charge on any atom is 0.315 e. The Labute approximate surface area is 127 Å². The molecule has 0 unspecified atom stereocenters. The highest BCUT2D eigenvalue weighted by molar-refractivity contribution is 5.79. The monoisotopic (exact) mass is 307 g/mol. The van der Waals surface area contributed by atoms with Crippen molar-refractivity contribution in [2.24, 2.45) is 0 Å². The SMILES string of the molecule is CC(=O)NCCNC(=O)N[C@@H](C)c1cc2cc(F)ccc2o1. The van der Waals surface area contributed by atoms with Crippen molar-refractivity contribution in [3.8, 4) is 0 Å². The van der Waals surface area contributed by atoms with E-state index in [1.165, 1.54) is 19.1 Å². The van der Waals surface area contributed by atoms with Crippen LogP contribution in [0.2, 0.25) is 0 Å². The molecule has 2 aromatic rings. The van der Waals surface area contributed by atoms with Crippen LogP contribution < -0.4 is 16.0 Å². The first-order valence-corrected chi connectivity index (χ1v) is 6.93. The van der Waals surface area contributed by atoms with Gasteiger partial charge in [-0.25, -0.2) is 9.18 Å². The van der Waals surface area contributed by atoms with E-state index in [4.69, 9.17) is 4.42 Å². The minimum absolute atomic E-state index is 0.148. The lowest BCUT2D eigenvalue weighted by Crippen LogP contribution is -2.40. The molecule has 3 amide bonds. The summed E-state index contributed by atoms with van der Waals surface area (Å²) in [7, 11) is 0. The summed E-state index contributed by atoms with van der Waals surface area (Å²) in [6, 6.07) is 5.21. The van der Waals surface area contributed by atoms with E-state index in [-0.39, 0.29) is 23.8 Å². The minimum atomic E-state index is -0.371. The fourth-order valence-electron chi connectivity index (χ4n) is 1.98. The second-order valence-electron chi connectivity index (χ2n) is 4.94. The van der Waals surface area contributed by atoms with Gasteiger partial charge in [0.25, 0.3) is 0 Å². The Hall–Kier alpha value is -2.57. The maximum atomic E-state index is 13.1. The van der Waals surface area contributed by atoms with Crippen LogP contribution in [0.15, 0.2) is 28.7 Å². The molecule has 0 radical (unpaired) electrons. The van der Waals surface area contributed by atoms with Crippen LogP contribution in [0.5, 0.6) is 0 Å². The average Bonchev–Trinajstić information content (AvgIpc) is 2.86. The number of fused-ring (bicyclic) bond motifs is 1. The standard InChI is InChI=1S/C15H18FN3O3/c1-9(19-15(21)18-6-5-17-10(2)20)14-8-11-7-12(16)3-4-13(11)22-14/h3-4,7-9H,5-6H2,1-2H3,(H,17,20)(H2,18,19,21)/t9-/m0/s1. The molecule has 1 aromatic carbocycles. The van der Waals surface area contributed by atoms with Crippen molar-refractivity contribution in [2.45, 2.75) is 19.9 Å². The number of hydrogen-bond donors (Lipinski definition) is 3. The number of rotatable bonds is 5. The molecule has 0 aliphatic rings. The van der Waals surface area contributed by atoms with Crippen LogP contribution in [0.25, 0.3) is 11.0 Å². The Bertz CT molecular complexity index is 684. The van der Waals surface area contributed by atoms with Crippen LogP contribution in [0.1, 0.15) is 25.6 Å². The molecule has 3 N–H and O–H groups in total. The quantitative estimate of drug-likeness (QED) is 0.739. The molecule has 0 saturated heterocycles. The highest BCUT2D eigenvalue weighted by atomic mass is 19.1. The van der Waals surface area contributed by atoms with Crippen LogP contribution in [-0.2, 0) is 4.79 Å². The van der Waals surface area contributed by atoms with E-state index in [0.717, 1.165) is 0 Å². The Morgan fingerprint density at radius 3 is 2.68 bits per heavy atom. The number of furan rings is 1. The smallest absolute Gasteiger partial charge is 0.315 e. The third-order valence-corrected chi connectivity index (χ3v) is 3.06. The minimum Gasteiger partial charge on any atom is -0.459 e. The molecule has 0 aliphatic heterocycles. The van der Waals surface area contributed by atoms with Gasteiger partial charge in [0.1, 0.15) is 17.2 Å². The highest BCUT2D eigenvalue weighted by Gasteiger charge is 2.14. The summed E-state index contributed by atoms with van der Waals surface area (Å²) in [6.07, 6.45) is 0.